The molecule has 0 radical (unpaired) electrons. The first-order valence-corrected chi connectivity index (χ1v) is 9.70. The molecule has 4 rings (SSSR count). The number of hydrogen-bond acceptors (Lipinski definition) is 3. The van der Waals surface area contributed by atoms with Crippen LogP contribution in [0.4, 0.5) is 0 Å². The number of hydrogen-bond donors (Lipinski definition) is 0. The van der Waals surface area contributed by atoms with Gasteiger partial charge >= 0.3 is 0 Å². The van der Waals surface area contributed by atoms with Crippen molar-refractivity contribution in [3.63, 3.8) is 0 Å². The molecule has 1 fully saturated rings. The fourth-order valence-corrected chi connectivity index (χ4v) is 4.25. The largest absolute Gasteiger partial charge is 0.338 e. The number of pyridine rings is 2. The van der Waals surface area contributed by atoms with E-state index in [1.165, 1.54) is 0 Å². The Morgan fingerprint density at radius 2 is 1.85 bits per heavy atom. The first-order chi connectivity index (χ1) is 13.0. The van der Waals surface area contributed by atoms with E-state index in [1.807, 2.05) is 41.3 Å². The summed E-state index contributed by atoms with van der Waals surface area (Å²) >= 11 is 6.42. The van der Waals surface area contributed by atoms with Gasteiger partial charge in [-0.25, -0.2) is 4.98 Å². The van der Waals surface area contributed by atoms with Crippen LogP contribution in [0.15, 0.2) is 48.7 Å². The van der Waals surface area contributed by atoms with Gasteiger partial charge in [-0.15, -0.1) is 0 Å². The van der Waals surface area contributed by atoms with Crippen molar-refractivity contribution in [1.29, 1.82) is 0 Å². The standard InChI is InChI=1S/C22H22ClN3O/c1-14-10-15(2)13-26(12-14)22(27)17-11-20(19-8-3-4-9-24-19)25-21-16(17)6-5-7-18(21)23/h3-9,11,14-15H,10,12-13H2,1-2H3/t14-,15-/m1/s1. The molecule has 0 bridgehead atoms. The molecule has 5 heteroatoms. The van der Waals surface area contributed by atoms with E-state index in [4.69, 9.17) is 16.6 Å². The molecule has 3 aromatic rings. The van der Waals surface area contributed by atoms with Gasteiger partial charge < -0.3 is 4.90 Å². The summed E-state index contributed by atoms with van der Waals surface area (Å²) < 4.78 is 0. The first kappa shape index (κ1) is 17.9. The zero-order valence-electron chi connectivity index (χ0n) is 15.5. The second-order valence-corrected chi connectivity index (χ2v) is 7.97. The number of para-hydroxylation sites is 1. The maximum atomic E-state index is 13.4. The van der Waals surface area contributed by atoms with Crippen LogP contribution in [-0.2, 0) is 0 Å². The van der Waals surface area contributed by atoms with Gasteiger partial charge in [0, 0.05) is 24.7 Å². The van der Waals surface area contributed by atoms with Crippen molar-refractivity contribution in [3.05, 3.63) is 59.2 Å². The Balaban J connectivity index is 1.86. The maximum absolute atomic E-state index is 13.4. The van der Waals surface area contributed by atoms with Gasteiger partial charge in [0.15, 0.2) is 0 Å². The number of piperidine rings is 1. The molecular formula is C22H22ClN3O. The molecule has 1 aliphatic heterocycles. The van der Waals surface area contributed by atoms with Crippen LogP contribution in [0, 0.1) is 11.8 Å². The molecule has 0 saturated carbocycles. The molecule has 0 spiro atoms. The predicted octanol–water partition coefficient (Wildman–Crippen LogP) is 5.07. The summed E-state index contributed by atoms with van der Waals surface area (Å²) in [4.78, 5) is 24.5. The maximum Gasteiger partial charge on any atom is 0.254 e. The number of benzene rings is 1. The molecule has 1 aliphatic rings. The van der Waals surface area contributed by atoms with E-state index in [0.717, 1.165) is 30.6 Å². The highest BCUT2D eigenvalue weighted by Crippen LogP contribution is 2.30. The van der Waals surface area contributed by atoms with Gasteiger partial charge in [0.1, 0.15) is 0 Å². The predicted molar refractivity (Wildman–Crippen MR) is 109 cm³/mol. The third-order valence-corrected chi connectivity index (χ3v) is 5.41. The van der Waals surface area contributed by atoms with E-state index in [1.54, 1.807) is 12.3 Å². The van der Waals surface area contributed by atoms with Gasteiger partial charge in [-0.1, -0.05) is 43.6 Å². The fourth-order valence-electron chi connectivity index (χ4n) is 4.04. The number of halogens is 1. The summed E-state index contributed by atoms with van der Waals surface area (Å²) in [5, 5.41) is 1.33. The minimum absolute atomic E-state index is 0.0419. The van der Waals surface area contributed by atoms with Crippen molar-refractivity contribution < 1.29 is 4.79 Å². The van der Waals surface area contributed by atoms with E-state index in [0.29, 0.717) is 33.6 Å². The summed E-state index contributed by atoms with van der Waals surface area (Å²) in [6, 6.07) is 13.1. The van der Waals surface area contributed by atoms with Crippen LogP contribution in [0.2, 0.25) is 5.02 Å². The van der Waals surface area contributed by atoms with Crippen molar-refractivity contribution in [2.24, 2.45) is 11.8 Å². The third kappa shape index (κ3) is 3.54. The van der Waals surface area contributed by atoms with Gasteiger partial charge in [0.05, 0.1) is 27.5 Å². The van der Waals surface area contributed by atoms with E-state index in [2.05, 4.69) is 18.8 Å². The van der Waals surface area contributed by atoms with Crippen molar-refractivity contribution in [2.45, 2.75) is 20.3 Å². The van der Waals surface area contributed by atoms with E-state index in [-0.39, 0.29) is 5.91 Å². The monoisotopic (exact) mass is 379 g/mol. The minimum Gasteiger partial charge on any atom is -0.338 e. The number of carbonyl (C=O) groups excluding carboxylic acids is 1. The minimum atomic E-state index is 0.0419. The fraction of sp³-hybridized carbons (Fsp3) is 0.318. The molecule has 2 atom stereocenters. The van der Waals surface area contributed by atoms with Crippen LogP contribution in [0.25, 0.3) is 22.3 Å². The number of aromatic nitrogens is 2. The number of amides is 1. The Morgan fingerprint density at radius 1 is 1.07 bits per heavy atom. The molecule has 2 aromatic heterocycles. The zero-order chi connectivity index (χ0) is 19.0. The molecule has 1 saturated heterocycles. The summed E-state index contributed by atoms with van der Waals surface area (Å²) in [5.41, 5.74) is 2.68. The van der Waals surface area contributed by atoms with Crippen LogP contribution in [-0.4, -0.2) is 33.9 Å². The average molecular weight is 380 g/mol. The number of nitrogens with zero attached hydrogens (tertiary/aromatic N) is 3. The van der Waals surface area contributed by atoms with Gasteiger partial charge in [-0.3, -0.25) is 9.78 Å². The molecule has 27 heavy (non-hydrogen) atoms. The van der Waals surface area contributed by atoms with Crippen molar-refractivity contribution in [1.82, 2.24) is 14.9 Å². The van der Waals surface area contributed by atoms with Crippen molar-refractivity contribution >= 4 is 28.4 Å². The number of carbonyl (C=O) groups is 1. The molecule has 138 valence electrons. The normalized spacial score (nSPS) is 20.0. The van der Waals surface area contributed by atoms with Crippen LogP contribution >= 0.6 is 11.6 Å². The van der Waals surface area contributed by atoms with Crippen LogP contribution in [0.3, 0.4) is 0 Å². The topological polar surface area (TPSA) is 46.1 Å². The lowest BCUT2D eigenvalue weighted by Gasteiger charge is -2.35. The molecule has 0 N–H and O–H groups in total. The lowest BCUT2D eigenvalue weighted by Crippen LogP contribution is -2.42. The highest BCUT2D eigenvalue weighted by Gasteiger charge is 2.28. The average Bonchev–Trinajstić information content (AvgIpc) is 2.67. The Kier molecular flexibility index (Phi) is 4.83. The first-order valence-electron chi connectivity index (χ1n) is 9.33. The van der Waals surface area contributed by atoms with Crippen LogP contribution in [0.1, 0.15) is 30.6 Å². The molecular weight excluding hydrogens is 358 g/mol. The van der Waals surface area contributed by atoms with Crippen LogP contribution in [0.5, 0.6) is 0 Å². The molecule has 1 amide bonds. The molecule has 3 heterocycles. The second-order valence-electron chi connectivity index (χ2n) is 7.56. The van der Waals surface area contributed by atoms with Gasteiger partial charge in [0.25, 0.3) is 5.91 Å². The third-order valence-electron chi connectivity index (χ3n) is 5.10. The lowest BCUT2D eigenvalue weighted by atomic mass is 9.91. The SMILES string of the molecule is C[C@@H]1C[C@@H](C)CN(C(=O)c2cc(-c3ccccn3)nc3c(Cl)cccc23)C1. The summed E-state index contributed by atoms with van der Waals surface area (Å²) in [7, 11) is 0. The van der Waals surface area contributed by atoms with Crippen LogP contribution < -0.4 is 0 Å². The Hall–Kier alpha value is -2.46. The highest BCUT2D eigenvalue weighted by atomic mass is 35.5. The van der Waals surface area contributed by atoms with E-state index < -0.39 is 0 Å². The Labute approximate surface area is 164 Å². The smallest absolute Gasteiger partial charge is 0.254 e. The Bertz CT molecular complexity index is 980. The molecule has 4 nitrogen and oxygen atoms in total. The van der Waals surface area contributed by atoms with Gasteiger partial charge in [-0.2, -0.15) is 0 Å². The summed E-state index contributed by atoms with van der Waals surface area (Å²) in [6.45, 7) is 5.98. The summed E-state index contributed by atoms with van der Waals surface area (Å²) in [5.74, 6) is 1.05. The molecule has 0 aliphatic carbocycles. The van der Waals surface area contributed by atoms with E-state index >= 15 is 0 Å². The Morgan fingerprint density at radius 3 is 2.56 bits per heavy atom. The quantitative estimate of drug-likeness (QED) is 0.624. The lowest BCUT2D eigenvalue weighted by molar-refractivity contribution is 0.0625. The van der Waals surface area contributed by atoms with E-state index in [9.17, 15) is 4.79 Å². The molecule has 1 aromatic carbocycles. The number of rotatable bonds is 2. The second kappa shape index (κ2) is 7.28. The van der Waals surface area contributed by atoms with Crippen molar-refractivity contribution in [2.75, 3.05) is 13.1 Å². The summed E-state index contributed by atoms with van der Waals surface area (Å²) in [6.07, 6.45) is 2.88. The van der Waals surface area contributed by atoms with Gasteiger partial charge in [-0.05, 0) is 42.5 Å². The molecule has 0 unspecified atom stereocenters. The zero-order valence-corrected chi connectivity index (χ0v) is 16.3. The number of likely N-dealkylation sites (tertiary alicyclic amines) is 1. The van der Waals surface area contributed by atoms with Crippen molar-refractivity contribution in [3.8, 4) is 11.4 Å². The highest BCUT2D eigenvalue weighted by molar-refractivity contribution is 6.35. The number of fused-ring (bicyclic) bond motifs is 1. The van der Waals surface area contributed by atoms with Gasteiger partial charge in [0.2, 0.25) is 0 Å².